The summed E-state index contributed by atoms with van der Waals surface area (Å²) < 4.78 is 24.3. The molecular weight excluding hydrogens is 290 g/mol. The minimum absolute atomic E-state index is 0.0374. The largest absolute Gasteiger partial charge is 0.353 e. The van der Waals surface area contributed by atoms with E-state index < -0.39 is 10.0 Å². The number of piperidine rings is 1. The SMILES string of the molecule is CC(C)(C)CC(N)CC(=O)NC1CCN(S(C)(=O)=O)CC1. The maximum absolute atomic E-state index is 12.0. The molecule has 1 aliphatic heterocycles. The molecule has 0 saturated carbocycles. The van der Waals surface area contributed by atoms with Crippen molar-refractivity contribution >= 4 is 15.9 Å². The van der Waals surface area contributed by atoms with E-state index in [1.54, 1.807) is 0 Å². The van der Waals surface area contributed by atoms with E-state index in [9.17, 15) is 13.2 Å². The molecule has 1 saturated heterocycles. The van der Waals surface area contributed by atoms with Crippen LogP contribution in [0.5, 0.6) is 0 Å². The number of hydrogen-bond donors (Lipinski definition) is 2. The molecule has 1 fully saturated rings. The molecule has 7 heteroatoms. The molecule has 0 bridgehead atoms. The third kappa shape index (κ3) is 7.24. The quantitative estimate of drug-likeness (QED) is 0.779. The van der Waals surface area contributed by atoms with Gasteiger partial charge in [-0.15, -0.1) is 0 Å². The molecule has 0 aliphatic carbocycles. The summed E-state index contributed by atoms with van der Waals surface area (Å²) in [6.45, 7) is 7.25. The summed E-state index contributed by atoms with van der Waals surface area (Å²) in [7, 11) is -3.12. The van der Waals surface area contributed by atoms with Gasteiger partial charge in [0.2, 0.25) is 15.9 Å². The topological polar surface area (TPSA) is 92.5 Å². The molecule has 124 valence electrons. The van der Waals surface area contributed by atoms with Crippen LogP contribution in [0.15, 0.2) is 0 Å². The van der Waals surface area contributed by atoms with Crippen molar-refractivity contribution in [2.24, 2.45) is 11.1 Å². The van der Waals surface area contributed by atoms with Gasteiger partial charge in [0.1, 0.15) is 0 Å². The Kier molecular flexibility index (Phi) is 6.19. The van der Waals surface area contributed by atoms with Gasteiger partial charge in [0.25, 0.3) is 0 Å². The second-order valence-electron chi connectivity index (χ2n) is 7.23. The Morgan fingerprint density at radius 1 is 1.33 bits per heavy atom. The molecule has 0 spiro atoms. The molecule has 1 unspecified atom stereocenters. The molecule has 0 aromatic heterocycles. The summed E-state index contributed by atoms with van der Waals surface area (Å²) in [4.78, 5) is 12.0. The molecule has 21 heavy (non-hydrogen) atoms. The van der Waals surface area contributed by atoms with Crippen molar-refractivity contribution in [1.29, 1.82) is 0 Å². The first-order valence-electron chi connectivity index (χ1n) is 7.47. The first kappa shape index (κ1) is 18.4. The third-order valence-corrected chi connectivity index (χ3v) is 4.91. The molecule has 1 heterocycles. The van der Waals surface area contributed by atoms with E-state index in [-0.39, 0.29) is 23.4 Å². The van der Waals surface area contributed by atoms with Gasteiger partial charge in [-0.2, -0.15) is 0 Å². The minimum atomic E-state index is -3.12. The van der Waals surface area contributed by atoms with Crippen LogP contribution < -0.4 is 11.1 Å². The number of amides is 1. The highest BCUT2D eigenvalue weighted by Crippen LogP contribution is 2.21. The van der Waals surface area contributed by atoms with Gasteiger partial charge in [0.15, 0.2) is 0 Å². The van der Waals surface area contributed by atoms with Gasteiger partial charge in [-0.1, -0.05) is 20.8 Å². The Bertz CT molecular complexity index is 449. The van der Waals surface area contributed by atoms with Crippen LogP contribution in [0.4, 0.5) is 0 Å². The molecule has 1 amide bonds. The standard InChI is InChI=1S/C14H29N3O3S/c1-14(2,3)10-11(15)9-13(18)16-12-5-7-17(8-6-12)21(4,19)20/h11-12H,5-10,15H2,1-4H3,(H,16,18). The first-order chi connectivity index (χ1) is 9.47. The van der Waals surface area contributed by atoms with E-state index in [1.165, 1.54) is 10.6 Å². The summed E-state index contributed by atoms with van der Waals surface area (Å²) in [5.41, 5.74) is 6.11. The summed E-state index contributed by atoms with van der Waals surface area (Å²) in [5, 5.41) is 2.97. The summed E-state index contributed by atoms with van der Waals surface area (Å²) in [6.07, 6.45) is 3.66. The Morgan fingerprint density at radius 3 is 2.29 bits per heavy atom. The van der Waals surface area contributed by atoms with E-state index in [0.717, 1.165) is 6.42 Å². The fourth-order valence-corrected chi connectivity index (χ4v) is 3.59. The molecule has 0 aromatic carbocycles. The van der Waals surface area contributed by atoms with Gasteiger partial charge in [-0.25, -0.2) is 12.7 Å². The summed E-state index contributed by atoms with van der Waals surface area (Å²) in [6, 6.07) is -0.0848. The number of nitrogens with zero attached hydrogens (tertiary/aromatic N) is 1. The minimum Gasteiger partial charge on any atom is -0.353 e. The number of sulfonamides is 1. The number of hydrogen-bond acceptors (Lipinski definition) is 4. The zero-order valence-corrected chi connectivity index (χ0v) is 14.4. The lowest BCUT2D eigenvalue weighted by Gasteiger charge is -2.31. The average Bonchev–Trinajstić information content (AvgIpc) is 2.25. The predicted octanol–water partition coefficient (Wildman–Crippen LogP) is 0.680. The molecule has 1 rings (SSSR count). The summed E-state index contributed by atoms with van der Waals surface area (Å²) >= 11 is 0. The van der Waals surface area contributed by atoms with Crippen LogP contribution in [0.25, 0.3) is 0 Å². The normalized spacial score (nSPS) is 20.2. The molecule has 6 nitrogen and oxygen atoms in total. The molecule has 0 aromatic rings. The fraction of sp³-hybridized carbons (Fsp3) is 0.929. The molecular formula is C14H29N3O3S. The highest BCUT2D eigenvalue weighted by Gasteiger charge is 2.26. The first-order valence-corrected chi connectivity index (χ1v) is 9.32. The Balaban J connectivity index is 2.34. The maximum atomic E-state index is 12.0. The van der Waals surface area contributed by atoms with Gasteiger partial charge in [0.05, 0.1) is 6.26 Å². The second kappa shape index (κ2) is 7.07. The molecule has 1 aliphatic rings. The van der Waals surface area contributed by atoms with E-state index >= 15 is 0 Å². The Hall–Kier alpha value is -0.660. The van der Waals surface area contributed by atoms with Crippen molar-refractivity contribution in [3.05, 3.63) is 0 Å². The number of nitrogens with two attached hydrogens (primary N) is 1. The third-order valence-electron chi connectivity index (χ3n) is 3.61. The maximum Gasteiger partial charge on any atom is 0.221 e. The second-order valence-corrected chi connectivity index (χ2v) is 9.22. The van der Waals surface area contributed by atoms with E-state index in [4.69, 9.17) is 5.73 Å². The number of nitrogens with one attached hydrogen (secondary N) is 1. The van der Waals surface area contributed by atoms with Crippen LogP contribution in [0.3, 0.4) is 0 Å². The zero-order valence-electron chi connectivity index (χ0n) is 13.6. The van der Waals surface area contributed by atoms with Crippen molar-refractivity contribution < 1.29 is 13.2 Å². The van der Waals surface area contributed by atoms with Gasteiger partial charge >= 0.3 is 0 Å². The fourth-order valence-electron chi connectivity index (χ4n) is 2.72. The Morgan fingerprint density at radius 2 is 1.86 bits per heavy atom. The lowest BCUT2D eigenvalue weighted by molar-refractivity contribution is -0.122. The van der Waals surface area contributed by atoms with Crippen LogP contribution >= 0.6 is 0 Å². The van der Waals surface area contributed by atoms with E-state index in [2.05, 4.69) is 26.1 Å². The van der Waals surface area contributed by atoms with Crippen molar-refractivity contribution in [2.75, 3.05) is 19.3 Å². The van der Waals surface area contributed by atoms with Crippen LogP contribution in [0.2, 0.25) is 0 Å². The van der Waals surface area contributed by atoms with Crippen LogP contribution in [0.1, 0.15) is 46.5 Å². The highest BCUT2D eigenvalue weighted by atomic mass is 32.2. The van der Waals surface area contributed by atoms with E-state index in [0.29, 0.717) is 32.4 Å². The van der Waals surface area contributed by atoms with Crippen molar-refractivity contribution in [3.8, 4) is 0 Å². The van der Waals surface area contributed by atoms with Crippen LogP contribution in [-0.4, -0.2) is 50.1 Å². The van der Waals surface area contributed by atoms with Crippen molar-refractivity contribution in [1.82, 2.24) is 9.62 Å². The number of carbonyl (C=O) groups excluding carboxylic acids is 1. The van der Waals surface area contributed by atoms with Gasteiger partial charge in [-0.05, 0) is 24.7 Å². The summed E-state index contributed by atoms with van der Waals surface area (Å²) in [5.74, 6) is -0.0374. The lowest BCUT2D eigenvalue weighted by Crippen LogP contribution is -2.47. The van der Waals surface area contributed by atoms with Gasteiger partial charge in [0, 0.05) is 31.6 Å². The Labute approximate surface area is 128 Å². The van der Waals surface area contributed by atoms with Gasteiger partial charge < -0.3 is 11.1 Å². The van der Waals surface area contributed by atoms with Crippen LogP contribution in [0, 0.1) is 5.41 Å². The van der Waals surface area contributed by atoms with Gasteiger partial charge in [-0.3, -0.25) is 4.79 Å². The molecule has 0 radical (unpaired) electrons. The van der Waals surface area contributed by atoms with Crippen molar-refractivity contribution in [3.63, 3.8) is 0 Å². The van der Waals surface area contributed by atoms with E-state index in [1.807, 2.05) is 0 Å². The molecule has 3 N–H and O–H groups in total. The highest BCUT2D eigenvalue weighted by molar-refractivity contribution is 7.88. The zero-order chi connectivity index (χ0) is 16.3. The number of rotatable bonds is 5. The molecule has 1 atom stereocenters. The smallest absolute Gasteiger partial charge is 0.221 e. The predicted molar refractivity (Wildman–Crippen MR) is 84.2 cm³/mol. The average molecular weight is 319 g/mol. The monoisotopic (exact) mass is 319 g/mol. The lowest BCUT2D eigenvalue weighted by atomic mass is 9.87. The number of carbonyl (C=O) groups is 1. The van der Waals surface area contributed by atoms with Crippen LogP contribution in [-0.2, 0) is 14.8 Å². The van der Waals surface area contributed by atoms with Crippen molar-refractivity contribution in [2.45, 2.75) is 58.5 Å².